The molecule has 0 aliphatic carbocycles. The minimum atomic E-state index is -0.361. The van der Waals surface area contributed by atoms with E-state index in [0.29, 0.717) is 47.7 Å². The molecule has 0 amide bonds. The summed E-state index contributed by atoms with van der Waals surface area (Å²) in [6.07, 6.45) is 3.18. The molecule has 2 aromatic rings. The highest BCUT2D eigenvalue weighted by Gasteiger charge is 2.35. The van der Waals surface area contributed by atoms with Crippen molar-refractivity contribution in [2.45, 2.75) is 33.2 Å². The van der Waals surface area contributed by atoms with Crippen molar-refractivity contribution in [2.75, 3.05) is 19.7 Å². The van der Waals surface area contributed by atoms with Crippen molar-refractivity contribution in [3.8, 4) is 11.5 Å². The highest BCUT2D eigenvalue weighted by atomic mass is 19.1. The zero-order valence-electron chi connectivity index (χ0n) is 18.2. The van der Waals surface area contributed by atoms with Crippen molar-refractivity contribution >= 4 is 17.8 Å². The number of fused-ring (bicyclic) bond motifs is 1. The van der Waals surface area contributed by atoms with E-state index in [1.807, 2.05) is 0 Å². The summed E-state index contributed by atoms with van der Waals surface area (Å²) >= 11 is 0. The number of phenols is 1. The lowest BCUT2D eigenvalue weighted by Crippen LogP contribution is -2.39. The van der Waals surface area contributed by atoms with Gasteiger partial charge in [0.05, 0.1) is 23.7 Å². The zero-order chi connectivity index (χ0) is 22.8. The highest BCUT2D eigenvalue weighted by Crippen LogP contribution is 2.42. The number of rotatable bonds is 5. The van der Waals surface area contributed by atoms with Gasteiger partial charge in [0.15, 0.2) is 5.76 Å². The van der Waals surface area contributed by atoms with Crippen LogP contribution in [0.15, 0.2) is 36.1 Å². The minimum Gasteiger partial charge on any atom is -0.507 e. The average Bonchev–Trinajstić information content (AvgIpc) is 3.09. The average molecular weight is 439 g/mol. The molecule has 1 N–H and O–H groups in total. The van der Waals surface area contributed by atoms with Gasteiger partial charge in [-0.25, -0.2) is 4.39 Å². The summed E-state index contributed by atoms with van der Waals surface area (Å²) in [5, 5.41) is 10.7. The van der Waals surface area contributed by atoms with Gasteiger partial charge in [0.2, 0.25) is 5.78 Å². The number of halogens is 1. The van der Waals surface area contributed by atoms with Crippen molar-refractivity contribution in [1.29, 1.82) is 0 Å². The van der Waals surface area contributed by atoms with E-state index in [9.17, 15) is 19.1 Å². The van der Waals surface area contributed by atoms with Crippen LogP contribution >= 0.6 is 0 Å². The van der Waals surface area contributed by atoms with E-state index >= 15 is 0 Å². The fourth-order valence-electron chi connectivity index (χ4n) is 4.32. The van der Waals surface area contributed by atoms with Crippen molar-refractivity contribution in [2.24, 2.45) is 5.92 Å². The number of nitrogens with zero attached hydrogens (tertiary/aromatic N) is 1. The summed E-state index contributed by atoms with van der Waals surface area (Å²) in [7, 11) is 0. The number of phenolic OH excluding ortho intramolecular Hbond substituents is 1. The van der Waals surface area contributed by atoms with Gasteiger partial charge in [-0.3, -0.25) is 14.5 Å². The Hall–Kier alpha value is -3.19. The van der Waals surface area contributed by atoms with Gasteiger partial charge in [-0.1, -0.05) is 12.1 Å². The van der Waals surface area contributed by atoms with E-state index in [1.54, 1.807) is 38.1 Å². The number of ketones is 1. The Labute approximate surface area is 186 Å². The second-order valence-corrected chi connectivity index (χ2v) is 8.21. The first-order valence-electron chi connectivity index (χ1n) is 10.8. The number of hydrogen-bond donors (Lipinski definition) is 1. The molecule has 2 aliphatic rings. The van der Waals surface area contributed by atoms with Crippen molar-refractivity contribution in [3.05, 3.63) is 64.2 Å². The normalized spacial score (nSPS) is 19.7. The van der Waals surface area contributed by atoms with Gasteiger partial charge in [0.25, 0.3) is 0 Å². The Kier molecular flexibility index (Phi) is 6.28. The van der Waals surface area contributed by atoms with Crippen LogP contribution in [0.3, 0.4) is 0 Å². The highest BCUT2D eigenvalue weighted by molar-refractivity contribution is 6.15. The Bertz CT molecular complexity index is 1080. The molecule has 2 heterocycles. The van der Waals surface area contributed by atoms with Crippen molar-refractivity contribution in [3.63, 3.8) is 0 Å². The zero-order valence-corrected chi connectivity index (χ0v) is 18.2. The summed E-state index contributed by atoms with van der Waals surface area (Å²) in [6.45, 7) is 5.53. The molecule has 0 aromatic heterocycles. The summed E-state index contributed by atoms with van der Waals surface area (Å²) < 4.78 is 24.3. The largest absolute Gasteiger partial charge is 0.507 e. The van der Waals surface area contributed by atoms with E-state index in [4.69, 9.17) is 9.47 Å². The fourth-order valence-corrected chi connectivity index (χ4v) is 4.32. The Morgan fingerprint density at radius 2 is 2.09 bits per heavy atom. The smallest absolute Gasteiger partial charge is 0.310 e. The molecule has 1 fully saturated rings. The molecule has 2 aliphatic heterocycles. The van der Waals surface area contributed by atoms with Crippen LogP contribution in [0.25, 0.3) is 6.08 Å². The Morgan fingerprint density at radius 3 is 2.81 bits per heavy atom. The number of piperidine rings is 1. The second kappa shape index (κ2) is 9.12. The molecule has 0 saturated carbocycles. The fraction of sp³-hybridized carbons (Fsp3) is 0.360. The number of carbonyl (C=O) groups excluding carboxylic acids is 2. The monoisotopic (exact) mass is 439 g/mol. The third-order valence-electron chi connectivity index (χ3n) is 5.90. The van der Waals surface area contributed by atoms with Gasteiger partial charge < -0.3 is 14.6 Å². The van der Waals surface area contributed by atoms with E-state index in [2.05, 4.69) is 4.90 Å². The molecule has 1 saturated heterocycles. The number of aryl methyl sites for hydroxylation is 1. The molecule has 32 heavy (non-hydrogen) atoms. The predicted molar refractivity (Wildman–Crippen MR) is 117 cm³/mol. The number of Topliss-reactive ketones (excluding diaryl/α,β-unsaturated/α-hetero) is 1. The maximum absolute atomic E-state index is 13.2. The minimum absolute atomic E-state index is 0.0512. The SMILES string of the molecule is CCOC(=O)C1CCCN(Cc2c(O)cc(C)c3c2O/C(=C\c2ccc(F)cc2)C3=O)C1. The molecule has 1 unspecified atom stereocenters. The number of aromatic hydroxyl groups is 1. The third kappa shape index (κ3) is 4.39. The summed E-state index contributed by atoms with van der Waals surface area (Å²) in [4.78, 5) is 27.3. The number of ether oxygens (including phenoxy) is 2. The quantitative estimate of drug-likeness (QED) is 0.555. The maximum Gasteiger partial charge on any atom is 0.310 e. The van der Waals surface area contributed by atoms with Crippen LogP contribution in [0, 0.1) is 18.7 Å². The standard InChI is InChI=1S/C25H26FNO5/c1-3-31-25(30)17-5-4-10-27(13-17)14-19-20(28)11-15(2)22-23(29)21(32-24(19)22)12-16-6-8-18(26)9-7-16/h6-9,11-12,17,28H,3-5,10,13-14H2,1-2H3/b21-12-. The van der Waals surface area contributed by atoms with Gasteiger partial charge in [0, 0.05) is 13.1 Å². The third-order valence-corrected chi connectivity index (χ3v) is 5.90. The maximum atomic E-state index is 13.2. The molecular formula is C25H26FNO5. The molecule has 7 heteroatoms. The van der Waals surface area contributed by atoms with Gasteiger partial charge in [-0.2, -0.15) is 0 Å². The number of esters is 1. The number of carbonyl (C=O) groups is 2. The number of benzene rings is 2. The van der Waals surface area contributed by atoms with Crippen LogP contribution in [0.1, 0.15) is 46.8 Å². The van der Waals surface area contributed by atoms with Crippen LogP contribution in [0.4, 0.5) is 4.39 Å². The van der Waals surface area contributed by atoms with Gasteiger partial charge in [-0.05, 0) is 68.6 Å². The first kappa shape index (κ1) is 22.0. The van der Waals surface area contributed by atoms with E-state index in [-0.39, 0.29) is 35.0 Å². The van der Waals surface area contributed by atoms with E-state index < -0.39 is 0 Å². The molecular weight excluding hydrogens is 413 g/mol. The summed E-state index contributed by atoms with van der Waals surface area (Å²) in [5.41, 5.74) is 2.20. The summed E-state index contributed by atoms with van der Waals surface area (Å²) in [6, 6.07) is 7.34. The summed E-state index contributed by atoms with van der Waals surface area (Å²) in [5.74, 6) is -0.516. The van der Waals surface area contributed by atoms with Crippen LogP contribution in [-0.4, -0.2) is 41.5 Å². The lowest BCUT2D eigenvalue weighted by atomic mass is 9.96. The topological polar surface area (TPSA) is 76.1 Å². The lowest BCUT2D eigenvalue weighted by Gasteiger charge is -2.31. The van der Waals surface area contributed by atoms with Gasteiger partial charge in [0.1, 0.15) is 17.3 Å². The van der Waals surface area contributed by atoms with Crippen LogP contribution < -0.4 is 4.74 Å². The Balaban J connectivity index is 1.61. The number of hydrogen-bond acceptors (Lipinski definition) is 6. The van der Waals surface area contributed by atoms with Gasteiger partial charge >= 0.3 is 5.97 Å². The van der Waals surface area contributed by atoms with Crippen LogP contribution in [0.2, 0.25) is 0 Å². The molecule has 0 spiro atoms. The van der Waals surface area contributed by atoms with Crippen LogP contribution in [0.5, 0.6) is 11.5 Å². The first-order chi connectivity index (χ1) is 15.4. The van der Waals surface area contributed by atoms with Crippen molar-refractivity contribution in [1.82, 2.24) is 4.90 Å². The molecule has 168 valence electrons. The number of allylic oxidation sites excluding steroid dienone is 1. The Morgan fingerprint density at radius 1 is 1.34 bits per heavy atom. The van der Waals surface area contributed by atoms with Crippen molar-refractivity contribution < 1.29 is 28.6 Å². The van der Waals surface area contributed by atoms with Gasteiger partial charge in [-0.15, -0.1) is 0 Å². The molecule has 6 nitrogen and oxygen atoms in total. The molecule has 2 aromatic carbocycles. The first-order valence-corrected chi connectivity index (χ1v) is 10.8. The molecule has 0 bridgehead atoms. The number of likely N-dealkylation sites (tertiary alicyclic amines) is 1. The second-order valence-electron chi connectivity index (χ2n) is 8.21. The van der Waals surface area contributed by atoms with E-state index in [0.717, 1.165) is 19.4 Å². The molecule has 1 atom stereocenters. The lowest BCUT2D eigenvalue weighted by molar-refractivity contribution is -0.150. The molecule has 4 rings (SSSR count). The predicted octanol–water partition coefficient (Wildman–Crippen LogP) is 4.23. The van der Waals surface area contributed by atoms with E-state index in [1.165, 1.54) is 12.1 Å². The molecule has 0 radical (unpaired) electrons. The van der Waals surface area contributed by atoms with Crippen LogP contribution in [-0.2, 0) is 16.1 Å².